The molecule has 0 bridgehead atoms. The van der Waals surface area contributed by atoms with Gasteiger partial charge in [0.15, 0.2) is 0 Å². The van der Waals surface area contributed by atoms with Crippen LogP contribution in [-0.4, -0.2) is 27.1 Å². The SMILES string of the molecule is CC1CCC(c2ccc3c(c2)c2cc(C(C)(C)C)cc4c2n3-c2cc3c5c6c2B4c2cc(C(C)(C)C)cc4c7cc(C(C)(C)C)cc(c7n-6c24)B5c2cc(C(C)(C)C)cc4c5cc(C6CCC(C)CC6)ccc5n-3c24)CC1. The average Bonchev–Trinajstić information content (AvgIpc) is 3.67. The molecule has 6 aliphatic rings. The number of hydrogen-bond acceptors (Lipinski definition) is 0. The molecule has 2 aliphatic carbocycles. The van der Waals surface area contributed by atoms with Gasteiger partial charge >= 0.3 is 0 Å². The van der Waals surface area contributed by atoms with Gasteiger partial charge in [-0.15, -0.1) is 0 Å². The molecule has 2 saturated carbocycles. The van der Waals surface area contributed by atoms with Crippen LogP contribution in [0.1, 0.15) is 194 Å². The van der Waals surface area contributed by atoms with Crippen LogP contribution < -0.4 is 32.8 Å². The lowest BCUT2D eigenvalue weighted by molar-refractivity contribution is 0.348. The summed E-state index contributed by atoms with van der Waals surface area (Å²) in [5, 5.41) is 8.53. The predicted octanol–water partition coefficient (Wildman–Crippen LogP) is 15.0. The van der Waals surface area contributed by atoms with Crippen molar-refractivity contribution in [2.24, 2.45) is 11.8 Å². The van der Waals surface area contributed by atoms with Gasteiger partial charge in [-0.25, -0.2) is 0 Å². The molecule has 0 atom stereocenters. The second-order valence-corrected chi connectivity index (χ2v) is 30.3. The smallest absolute Gasteiger partial charge is 0.252 e. The fraction of sp³-hybridized carbons (Fsp3) is 0.417. The van der Waals surface area contributed by atoms with Crippen LogP contribution in [0.2, 0.25) is 0 Å². The van der Waals surface area contributed by atoms with Crippen molar-refractivity contribution in [3.8, 4) is 17.1 Å². The van der Waals surface area contributed by atoms with Crippen LogP contribution in [0.15, 0.2) is 91.0 Å². The van der Waals surface area contributed by atoms with E-state index in [4.69, 9.17) is 0 Å². The molecular weight excluding hydrogens is 928 g/mol. The van der Waals surface area contributed by atoms with E-state index in [2.05, 4.69) is 202 Å². The molecule has 0 radical (unpaired) electrons. The van der Waals surface area contributed by atoms with Gasteiger partial charge in [0.05, 0.1) is 11.0 Å². The summed E-state index contributed by atoms with van der Waals surface area (Å²) < 4.78 is 8.43. The van der Waals surface area contributed by atoms with Gasteiger partial charge in [0, 0.05) is 71.4 Å². The maximum atomic E-state index is 2.85. The Balaban J connectivity index is 1.11. The van der Waals surface area contributed by atoms with E-state index >= 15 is 0 Å². The van der Waals surface area contributed by atoms with Gasteiger partial charge in [-0.1, -0.05) is 159 Å². The van der Waals surface area contributed by atoms with Crippen molar-refractivity contribution in [1.82, 2.24) is 13.7 Å². The Labute approximate surface area is 458 Å². The van der Waals surface area contributed by atoms with Gasteiger partial charge < -0.3 is 13.7 Å². The molecule has 7 heterocycles. The van der Waals surface area contributed by atoms with Crippen LogP contribution in [-0.2, 0) is 21.7 Å². The van der Waals surface area contributed by atoms with Crippen molar-refractivity contribution < 1.29 is 0 Å². The predicted molar refractivity (Wildman–Crippen MR) is 334 cm³/mol. The fourth-order valence-electron chi connectivity index (χ4n) is 16.6. The maximum absolute atomic E-state index is 2.85. The molecule has 0 amide bonds. The molecule has 0 spiro atoms. The molecule has 77 heavy (non-hydrogen) atoms. The van der Waals surface area contributed by atoms with Crippen LogP contribution in [0, 0.1) is 11.8 Å². The lowest BCUT2D eigenvalue weighted by Gasteiger charge is -2.42. The molecular formula is C72H77B2N3. The van der Waals surface area contributed by atoms with Crippen LogP contribution in [0.4, 0.5) is 0 Å². The molecule has 7 aromatic carbocycles. The number of fused-ring (bicyclic) bond motifs is 13. The highest BCUT2D eigenvalue weighted by Gasteiger charge is 2.50. The normalized spacial score (nSPS) is 20.6. The number of rotatable bonds is 2. The summed E-state index contributed by atoms with van der Waals surface area (Å²) in [5.41, 5.74) is 30.1. The first-order valence-electron chi connectivity index (χ1n) is 30.2. The molecule has 0 unspecified atom stereocenters. The van der Waals surface area contributed by atoms with Gasteiger partial charge in [-0.2, -0.15) is 0 Å². The van der Waals surface area contributed by atoms with Crippen molar-refractivity contribution in [3.63, 3.8) is 0 Å². The number of aromatic nitrogens is 3. The van der Waals surface area contributed by atoms with Crippen LogP contribution in [0.25, 0.3) is 82.5 Å². The second kappa shape index (κ2) is 15.0. The van der Waals surface area contributed by atoms with Crippen molar-refractivity contribution in [2.75, 3.05) is 0 Å². The van der Waals surface area contributed by atoms with E-state index in [1.165, 1.54) is 200 Å². The summed E-state index contributed by atoms with van der Waals surface area (Å²) >= 11 is 0. The summed E-state index contributed by atoms with van der Waals surface area (Å²) in [6, 6.07) is 39.4. The van der Waals surface area contributed by atoms with E-state index in [1.807, 2.05) is 0 Å². The Kier molecular flexibility index (Phi) is 9.20. The van der Waals surface area contributed by atoms with Crippen molar-refractivity contribution in [2.45, 2.75) is 182 Å². The summed E-state index contributed by atoms with van der Waals surface area (Å²) in [6.07, 6.45) is 10.5. The zero-order valence-electron chi connectivity index (χ0n) is 48.6. The molecule has 0 saturated heterocycles. The summed E-state index contributed by atoms with van der Waals surface area (Å²) in [6.45, 7) is 34.2. The van der Waals surface area contributed by atoms with E-state index in [9.17, 15) is 0 Å². The minimum absolute atomic E-state index is 0.0409. The third kappa shape index (κ3) is 6.24. The van der Waals surface area contributed by atoms with Crippen LogP contribution in [0.3, 0.4) is 0 Å². The number of benzene rings is 7. The van der Waals surface area contributed by atoms with Crippen LogP contribution in [0.5, 0.6) is 0 Å². The summed E-state index contributed by atoms with van der Waals surface area (Å²) in [7, 11) is 0. The molecule has 10 aromatic rings. The molecule has 3 aromatic heterocycles. The lowest BCUT2D eigenvalue weighted by atomic mass is 9.29. The highest BCUT2D eigenvalue weighted by Crippen LogP contribution is 2.48. The number of nitrogens with zero attached hydrogens (tertiary/aromatic N) is 3. The molecule has 16 rings (SSSR count). The third-order valence-electron chi connectivity index (χ3n) is 21.1. The summed E-state index contributed by atoms with van der Waals surface area (Å²) in [4.78, 5) is 0. The first-order chi connectivity index (χ1) is 36.5. The topological polar surface area (TPSA) is 14.8 Å². The maximum Gasteiger partial charge on any atom is 0.252 e. The van der Waals surface area contributed by atoms with Gasteiger partial charge in [0.25, 0.3) is 13.4 Å². The highest BCUT2D eigenvalue weighted by atomic mass is 15.1. The highest BCUT2D eigenvalue weighted by molar-refractivity contribution is 7.04. The van der Waals surface area contributed by atoms with E-state index in [-0.39, 0.29) is 35.1 Å². The Morgan fingerprint density at radius 1 is 0.351 bits per heavy atom. The van der Waals surface area contributed by atoms with Gasteiger partial charge in [0.1, 0.15) is 0 Å². The second-order valence-electron chi connectivity index (χ2n) is 30.3. The Morgan fingerprint density at radius 2 is 0.662 bits per heavy atom. The molecule has 4 aliphatic heterocycles. The Bertz CT molecular complexity index is 4040. The standard InChI is InChI=1S/C72H77B2N3/c1-38-15-19-40(20-16-38)42-23-25-58-48(27-42)50-29-44(69(3,4)5)33-54-64(50)75(58)60-37-61-63-68-62(60)73(54)56-35-46(71(9,10)11)31-52-53-32-47(72(12,13)14)36-57(67(53)77(68)66(52)56)74(63)55-34-45(70(6,7)8)30-51-49-28-43(41-21-17-39(2)18-22-41)24-26-59(49)76(61)65(51)55/h23-41H,15-22H2,1-14H3. The van der Waals surface area contributed by atoms with Crippen molar-refractivity contribution >= 4 is 112 Å². The lowest BCUT2D eigenvalue weighted by Crippen LogP contribution is -2.66. The molecule has 2 fully saturated rings. The Hall–Kier alpha value is -5.93. The fourth-order valence-corrected chi connectivity index (χ4v) is 16.6. The monoisotopic (exact) mass is 1010 g/mol. The van der Waals surface area contributed by atoms with Crippen molar-refractivity contribution in [1.29, 1.82) is 0 Å². The minimum Gasteiger partial charge on any atom is -0.311 e. The largest absolute Gasteiger partial charge is 0.311 e. The van der Waals surface area contributed by atoms with E-state index < -0.39 is 0 Å². The Morgan fingerprint density at radius 3 is 0.987 bits per heavy atom. The van der Waals surface area contributed by atoms with Crippen LogP contribution >= 0.6 is 0 Å². The van der Waals surface area contributed by atoms with Gasteiger partial charge in [-0.05, 0) is 192 Å². The number of hydrogen-bond donors (Lipinski definition) is 0. The van der Waals surface area contributed by atoms with Gasteiger partial charge in [-0.3, -0.25) is 0 Å². The third-order valence-corrected chi connectivity index (χ3v) is 21.1. The van der Waals surface area contributed by atoms with E-state index in [0.29, 0.717) is 11.8 Å². The molecule has 3 nitrogen and oxygen atoms in total. The average molecular weight is 1010 g/mol. The van der Waals surface area contributed by atoms with E-state index in [1.54, 1.807) is 0 Å². The first-order valence-corrected chi connectivity index (χ1v) is 30.2. The van der Waals surface area contributed by atoms with E-state index in [0.717, 1.165) is 11.8 Å². The van der Waals surface area contributed by atoms with Gasteiger partial charge in [0.2, 0.25) is 0 Å². The zero-order valence-corrected chi connectivity index (χ0v) is 48.6. The zero-order chi connectivity index (χ0) is 53.0. The van der Waals surface area contributed by atoms with Crippen molar-refractivity contribution in [3.05, 3.63) is 124 Å². The molecule has 0 N–H and O–H groups in total. The summed E-state index contributed by atoms with van der Waals surface area (Å²) in [5.74, 6) is 2.88. The minimum atomic E-state index is -0.0499. The first kappa shape index (κ1) is 47.1. The quantitative estimate of drug-likeness (QED) is 0.153. The molecule has 5 heteroatoms. The molecule has 386 valence electrons.